The van der Waals surface area contributed by atoms with Crippen molar-refractivity contribution in [2.75, 3.05) is 31.2 Å². The molecule has 1 unspecified atom stereocenters. The van der Waals surface area contributed by atoms with E-state index in [0.29, 0.717) is 26.3 Å². The number of carbonyl (C=O) groups is 1. The van der Waals surface area contributed by atoms with Gasteiger partial charge in [-0.2, -0.15) is 4.31 Å². The lowest BCUT2D eigenvalue weighted by Gasteiger charge is -2.25. The second kappa shape index (κ2) is 7.06. The van der Waals surface area contributed by atoms with Crippen molar-refractivity contribution in [3.05, 3.63) is 42.4 Å². The third kappa shape index (κ3) is 3.38. The summed E-state index contributed by atoms with van der Waals surface area (Å²) >= 11 is 0. The lowest BCUT2D eigenvalue weighted by atomic mass is 10.1. The Bertz CT molecular complexity index is 950. The van der Waals surface area contributed by atoms with E-state index in [9.17, 15) is 13.2 Å². The summed E-state index contributed by atoms with van der Waals surface area (Å²) in [4.78, 5) is 18.7. The van der Waals surface area contributed by atoms with Crippen LogP contribution in [0.2, 0.25) is 0 Å². The second-order valence-corrected chi connectivity index (χ2v) is 8.73. The number of benzene rings is 1. The molecule has 2 aromatic rings. The maximum atomic E-state index is 12.8. The molecule has 0 N–H and O–H groups in total. The van der Waals surface area contributed by atoms with E-state index in [1.165, 1.54) is 21.4 Å². The number of carbonyl (C=O) groups excluding carboxylic acids is 1. The van der Waals surface area contributed by atoms with Crippen molar-refractivity contribution in [2.24, 2.45) is 0 Å². The molecule has 27 heavy (non-hydrogen) atoms. The second-order valence-electron chi connectivity index (χ2n) is 6.85. The molecule has 2 aliphatic rings. The van der Waals surface area contributed by atoms with Crippen LogP contribution in [0.3, 0.4) is 0 Å². The quantitative estimate of drug-likeness (QED) is 0.774. The molecule has 0 saturated carbocycles. The van der Waals surface area contributed by atoms with Gasteiger partial charge in [0, 0.05) is 31.0 Å². The Labute approximate surface area is 158 Å². The van der Waals surface area contributed by atoms with Gasteiger partial charge < -0.3 is 14.2 Å². The summed E-state index contributed by atoms with van der Waals surface area (Å²) < 4.78 is 33.4. The zero-order valence-electron chi connectivity index (χ0n) is 15.1. The van der Waals surface area contributed by atoms with Crippen molar-refractivity contribution in [1.29, 1.82) is 0 Å². The van der Waals surface area contributed by atoms with E-state index >= 15 is 0 Å². The minimum atomic E-state index is -3.66. The third-order valence-electron chi connectivity index (χ3n) is 4.98. The molecule has 8 nitrogen and oxygen atoms in total. The number of morpholine rings is 1. The molecule has 1 aromatic carbocycles. The highest BCUT2D eigenvalue weighted by Crippen LogP contribution is 2.32. The molecule has 9 heteroatoms. The molecule has 0 radical (unpaired) electrons. The summed E-state index contributed by atoms with van der Waals surface area (Å²) in [6, 6.07) is 7.94. The highest BCUT2D eigenvalue weighted by atomic mass is 32.2. The van der Waals surface area contributed by atoms with E-state index in [0.717, 1.165) is 17.7 Å². The molecule has 0 bridgehead atoms. The van der Waals surface area contributed by atoms with E-state index < -0.39 is 10.0 Å². The van der Waals surface area contributed by atoms with Gasteiger partial charge in [0.15, 0.2) is 5.03 Å². The van der Waals surface area contributed by atoms with Gasteiger partial charge in [-0.25, -0.2) is 13.4 Å². The molecule has 4 rings (SSSR count). The first-order valence-corrected chi connectivity index (χ1v) is 10.4. The summed E-state index contributed by atoms with van der Waals surface area (Å²) in [5.74, 6) is -0.0832. The Kier molecular flexibility index (Phi) is 4.75. The van der Waals surface area contributed by atoms with Gasteiger partial charge in [0.1, 0.15) is 6.54 Å². The van der Waals surface area contributed by atoms with Crippen LogP contribution in [0, 0.1) is 0 Å². The average Bonchev–Trinajstić information content (AvgIpc) is 3.26. The molecule has 0 spiro atoms. The van der Waals surface area contributed by atoms with Crippen molar-refractivity contribution in [1.82, 2.24) is 13.9 Å². The molecular formula is C18H22N4O4S. The maximum Gasteiger partial charge on any atom is 0.262 e. The van der Waals surface area contributed by atoms with Crippen molar-refractivity contribution in [2.45, 2.75) is 31.0 Å². The highest BCUT2D eigenvalue weighted by Gasteiger charge is 2.31. The fraction of sp³-hybridized carbons (Fsp3) is 0.444. The lowest BCUT2D eigenvalue weighted by molar-refractivity contribution is -0.119. The molecule has 2 aliphatic heterocycles. The van der Waals surface area contributed by atoms with E-state index in [1.54, 1.807) is 4.90 Å². The van der Waals surface area contributed by atoms with Crippen LogP contribution in [0.4, 0.5) is 5.69 Å². The first-order valence-electron chi connectivity index (χ1n) is 8.96. The molecule has 1 atom stereocenters. The van der Waals surface area contributed by atoms with E-state index in [-0.39, 0.29) is 23.5 Å². The summed E-state index contributed by atoms with van der Waals surface area (Å²) in [5.41, 5.74) is 2.08. The van der Waals surface area contributed by atoms with Crippen LogP contribution < -0.4 is 4.90 Å². The minimum absolute atomic E-state index is 0.0351. The van der Waals surface area contributed by atoms with Crippen LogP contribution in [0.5, 0.6) is 0 Å². The Morgan fingerprint density at radius 1 is 1.26 bits per heavy atom. The first-order chi connectivity index (χ1) is 13.0. The number of imidazole rings is 1. The Morgan fingerprint density at radius 2 is 2.00 bits per heavy atom. The van der Waals surface area contributed by atoms with E-state index in [2.05, 4.69) is 4.98 Å². The number of sulfonamides is 1. The van der Waals surface area contributed by atoms with Gasteiger partial charge in [-0.15, -0.1) is 0 Å². The van der Waals surface area contributed by atoms with E-state index in [1.807, 2.05) is 31.2 Å². The SMILES string of the molecule is CC1Cc2ccccc2N1C(=O)Cn1cnc(S(=O)(=O)N2CCOCC2)c1. The smallest absolute Gasteiger partial charge is 0.262 e. The van der Waals surface area contributed by atoms with Crippen LogP contribution in [0.1, 0.15) is 12.5 Å². The summed E-state index contributed by atoms with van der Waals surface area (Å²) in [6.07, 6.45) is 3.65. The van der Waals surface area contributed by atoms with Gasteiger partial charge in [0.05, 0.1) is 19.5 Å². The molecule has 1 fully saturated rings. The van der Waals surface area contributed by atoms with Gasteiger partial charge in [0.2, 0.25) is 5.91 Å². The predicted molar refractivity (Wildman–Crippen MR) is 98.9 cm³/mol. The van der Waals surface area contributed by atoms with Crippen molar-refractivity contribution >= 4 is 21.6 Å². The maximum absolute atomic E-state index is 12.8. The minimum Gasteiger partial charge on any atom is -0.379 e. The molecule has 1 amide bonds. The number of hydrogen-bond acceptors (Lipinski definition) is 5. The zero-order chi connectivity index (χ0) is 19.0. The van der Waals surface area contributed by atoms with Gasteiger partial charge in [-0.1, -0.05) is 18.2 Å². The number of ether oxygens (including phenoxy) is 1. The molecule has 1 aromatic heterocycles. The molecule has 3 heterocycles. The average molecular weight is 390 g/mol. The lowest BCUT2D eigenvalue weighted by Crippen LogP contribution is -2.40. The van der Waals surface area contributed by atoms with Crippen molar-refractivity contribution in [3.8, 4) is 0 Å². The fourth-order valence-electron chi connectivity index (χ4n) is 3.66. The number of aromatic nitrogens is 2. The van der Waals surface area contributed by atoms with Crippen molar-refractivity contribution < 1.29 is 17.9 Å². The Balaban J connectivity index is 1.50. The van der Waals surface area contributed by atoms with Gasteiger partial charge in [-0.05, 0) is 25.0 Å². The Hall–Kier alpha value is -2.23. The van der Waals surface area contributed by atoms with Gasteiger partial charge in [0.25, 0.3) is 10.0 Å². The summed E-state index contributed by atoms with van der Waals surface area (Å²) in [6.45, 7) is 3.45. The number of hydrogen-bond donors (Lipinski definition) is 0. The molecule has 1 saturated heterocycles. The predicted octanol–water partition coefficient (Wildman–Crippen LogP) is 0.882. The topological polar surface area (TPSA) is 84.7 Å². The van der Waals surface area contributed by atoms with Crippen LogP contribution in [0.25, 0.3) is 0 Å². The number of amides is 1. The highest BCUT2D eigenvalue weighted by molar-refractivity contribution is 7.89. The zero-order valence-corrected chi connectivity index (χ0v) is 15.9. The van der Waals surface area contributed by atoms with Crippen LogP contribution in [-0.2, 0) is 32.5 Å². The number of nitrogens with zero attached hydrogens (tertiary/aromatic N) is 4. The number of anilines is 1. The molecular weight excluding hydrogens is 368 g/mol. The van der Waals surface area contributed by atoms with Crippen LogP contribution >= 0.6 is 0 Å². The van der Waals surface area contributed by atoms with Gasteiger partial charge >= 0.3 is 0 Å². The number of fused-ring (bicyclic) bond motifs is 1. The molecule has 0 aliphatic carbocycles. The monoisotopic (exact) mass is 390 g/mol. The fourth-order valence-corrected chi connectivity index (χ4v) is 5.00. The van der Waals surface area contributed by atoms with Crippen LogP contribution in [0.15, 0.2) is 41.8 Å². The van der Waals surface area contributed by atoms with Crippen LogP contribution in [-0.4, -0.2) is 60.5 Å². The van der Waals surface area contributed by atoms with Crippen molar-refractivity contribution in [3.63, 3.8) is 0 Å². The number of para-hydroxylation sites is 1. The largest absolute Gasteiger partial charge is 0.379 e. The third-order valence-corrected chi connectivity index (χ3v) is 6.76. The molecule has 144 valence electrons. The normalized spacial score (nSPS) is 20.6. The van der Waals surface area contributed by atoms with Gasteiger partial charge in [-0.3, -0.25) is 4.79 Å². The van der Waals surface area contributed by atoms with E-state index in [4.69, 9.17) is 4.74 Å². The number of rotatable bonds is 4. The standard InChI is InChI=1S/C18H22N4O4S/c1-14-10-15-4-2-3-5-16(15)22(14)18(23)12-20-11-17(19-13-20)27(24,25)21-6-8-26-9-7-21/h2-5,11,13-14H,6-10,12H2,1H3. The summed E-state index contributed by atoms with van der Waals surface area (Å²) in [5, 5.41) is -0.0351. The first kappa shape index (κ1) is 18.1. The summed E-state index contributed by atoms with van der Waals surface area (Å²) in [7, 11) is -3.66. The Morgan fingerprint density at radius 3 is 2.78 bits per heavy atom.